The number of hydrogen-bond donors (Lipinski definition) is 2. The second-order valence-electron chi connectivity index (χ2n) is 4.04. The number of aliphatic hydroxyl groups is 2. The predicted molar refractivity (Wildman–Crippen MR) is 63.3 cm³/mol. The average molecular weight is 240 g/mol. The molecular weight excluding hydrogens is 224 g/mol. The van der Waals surface area contributed by atoms with E-state index in [0.29, 0.717) is 6.42 Å². The molecule has 1 saturated heterocycles. The van der Waals surface area contributed by atoms with Gasteiger partial charge in [-0.05, 0) is 19.1 Å². The number of aliphatic hydroxyl groups excluding tert-OH is 2. The lowest BCUT2D eigenvalue weighted by molar-refractivity contribution is -0.130. The summed E-state index contributed by atoms with van der Waals surface area (Å²) in [6, 6.07) is 9.76. The molecule has 4 atom stereocenters. The summed E-state index contributed by atoms with van der Waals surface area (Å²) < 4.78 is 5.63. The molecule has 0 spiro atoms. The van der Waals surface area contributed by atoms with Crippen LogP contribution in [0, 0.1) is 0 Å². The third-order valence-electron chi connectivity index (χ3n) is 2.61. The molecular formula is C12H16O3S. The number of rotatable bonds is 2. The molecule has 0 saturated carbocycles. The van der Waals surface area contributed by atoms with Gasteiger partial charge in [0.15, 0.2) is 0 Å². The maximum absolute atomic E-state index is 9.82. The number of ether oxygens (including phenoxy) is 1. The molecule has 3 nitrogen and oxygen atoms in total. The van der Waals surface area contributed by atoms with Gasteiger partial charge < -0.3 is 14.9 Å². The van der Waals surface area contributed by atoms with Gasteiger partial charge in [-0.1, -0.05) is 30.0 Å². The van der Waals surface area contributed by atoms with Gasteiger partial charge in [0, 0.05) is 11.3 Å². The normalized spacial score (nSPS) is 34.9. The zero-order chi connectivity index (χ0) is 11.5. The van der Waals surface area contributed by atoms with Crippen molar-refractivity contribution in [2.24, 2.45) is 0 Å². The lowest BCUT2D eigenvalue weighted by Crippen LogP contribution is -2.45. The van der Waals surface area contributed by atoms with E-state index >= 15 is 0 Å². The van der Waals surface area contributed by atoms with Crippen molar-refractivity contribution in [3.63, 3.8) is 0 Å². The minimum Gasteiger partial charge on any atom is -0.390 e. The molecule has 0 unspecified atom stereocenters. The molecule has 2 N–H and O–H groups in total. The largest absolute Gasteiger partial charge is 0.390 e. The molecule has 16 heavy (non-hydrogen) atoms. The molecule has 1 aliphatic rings. The fourth-order valence-electron chi connectivity index (χ4n) is 1.76. The Morgan fingerprint density at radius 1 is 1.25 bits per heavy atom. The zero-order valence-corrected chi connectivity index (χ0v) is 9.93. The minimum absolute atomic E-state index is 0.0142. The van der Waals surface area contributed by atoms with Crippen molar-refractivity contribution in [1.29, 1.82) is 0 Å². The number of hydrogen-bond acceptors (Lipinski definition) is 4. The van der Waals surface area contributed by atoms with Crippen LogP contribution in [0.3, 0.4) is 0 Å². The molecule has 2 rings (SSSR count). The number of thioether (sulfide) groups is 1. The summed E-state index contributed by atoms with van der Waals surface area (Å²) in [6.07, 6.45) is -1.03. The summed E-state index contributed by atoms with van der Waals surface area (Å²) in [6.45, 7) is 1.91. The van der Waals surface area contributed by atoms with E-state index in [1.54, 1.807) is 0 Å². The van der Waals surface area contributed by atoms with Gasteiger partial charge in [0.05, 0.1) is 12.2 Å². The maximum atomic E-state index is 9.82. The number of benzene rings is 1. The van der Waals surface area contributed by atoms with Gasteiger partial charge in [0.2, 0.25) is 0 Å². The van der Waals surface area contributed by atoms with Crippen molar-refractivity contribution in [3.8, 4) is 0 Å². The van der Waals surface area contributed by atoms with Crippen molar-refractivity contribution >= 4 is 11.8 Å². The Labute approximate surface area is 99.4 Å². The van der Waals surface area contributed by atoms with Crippen LogP contribution in [0.5, 0.6) is 0 Å². The fraction of sp³-hybridized carbons (Fsp3) is 0.500. The molecule has 0 amide bonds. The molecule has 1 heterocycles. The summed E-state index contributed by atoms with van der Waals surface area (Å²) in [5.74, 6) is 0. The smallest absolute Gasteiger partial charge is 0.136 e. The first kappa shape index (κ1) is 11.9. The van der Waals surface area contributed by atoms with Crippen LogP contribution in [-0.4, -0.2) is 34.0 Å². The highest BCUT2D eigenvalue weighted by Gasteiger charge is 2.35. The van der Waals surface area contributed by atoms with Gasteiger partial charge in [-0.3, -0.25) is 0 Å². The van der Waals surface area contributed by atoms with Gasteiger partial charge in [0.25, 0.3) is 0 Å². The second-order valence-corrected chi connectivity index (χ2v) is 5.21. The predicted octanol–water partition coefficient (Wildman–Crippen LogP) is 1.64. The maximum Gasteiger partial charge on any atom is 0.136 e. The summed E-state index contributed by atoms with van der Waals surface area (Å²) in [5.41, 5.74) is -0.388. The van der Waals surface area contributed by atoms with Crippen LogP contribution >= 0.6 is 11.8 Å². The standard InChI is InChI=1S/C12H16O3S/c1-8-7-10(13)11(14)12(15-8)16-9-5-3-2-4-6-9/h2-6,8,10-14H,7H2,1H3/t8-,10-,11+,12-/m1/s1. The third kappa shape index (κ3) is 2.77. The van der Waals surface area contributed by atoms with Gasteiger partial charge in [-0.25, -0.2) is 0 Å². The summed E-state index contributed by atoms with van der Waals surface area (Å²) >= 11 is 1.45. The molecule has 1 fully saturated rings. The Morgan fingerprint density at radius 3 is 2.62 bits per heavy atom. The van der Waals surface area contributed by atoms with Crippen LogP contribution in [-0.2, 0) is 4.74 Å². The topological polar surface area (TPSA) is 49.7 Å². The second kappa shape index (κ2) is 5.19. The summed E-state index contributed by atoms with van der Waals surface area (Å²) in [5, 5.41) is 19.5. The van der Waals surface area contributed by atoms with Crippen molar-refractivity contribution in [2.75, 3.05) is 0 Å². The fourth-order valence-corrected chi connectivity index (χ4v) is 2.91. The van der Waals surface area contributed by atoms with Crippen LogP contribution in [0.1, 0.15) is 13.3 Å². The molecule has 1 aromatic carbocycles. The Morgan fingerprint density at radius 2 is 1.94 bits per heavy atom. The van der Waals surface area contributed by atoms with E-state index in [4.69, 9.17) is 4.74 Å². The quantitative estimate of drug-likeness (QED) is 0.825. The SMILES string of the molecule is C[C@@H]1C[C@@H](O)[C@H](O)[C@@H](Sc2ccccc2)O1. The third-order valence-corrected chi connectivity index (χ3v) is 3.77. The molecule has 1 aliphatic heterocycles. The highest BCUT2D eigenvalue weighted by Crippen LogP contribution is 2.32. The Balaban J connectivity index is 2.03. The highest BCUT2D eigenvalue weighted by atomic mass is 32.2. The van der Waals surface area contributed by atoms with Crippen molar-refractivity contribution in [3.05, 3.63) is 30.3 Å². The monoisotopic (exact) mass is 240 g/mol. The van der Waals surface area contributed by atoms with E-state index in [1.807, 2.05) is 37.3 Å². The van der Waals surface area contributed by atoms with E-state index in [2.05, 4.69) is 0 Å². The summed E-state index contributed by atoms with van der Waals surface area (Å²) in [7, 11) is 0. The van der Waals surface area contributed by atoms with E-state index in [0.717, 1.165) is 4.90 Å². The lowest BCUT2D eigenvalue weighted by atomic mass is 10.1. The van der Waals surface area contributed by atoms with Crippen molar-refractivity contribution in [1.82, 2.24) is 0 Å². The van der Waals surface area contributed by atoms with E-state index < -0.39 is 12.2 Å². The van der Waals surface area contributed by atoms with Crippen LogP contribution < -0.4 is 0 Å². The minimum atomic E-state index is -0.818. The van der Waals surface area contributed by atoms with E-state index in [1.165, 1.54) is 11.8 Å². The van der Waals surface area contributed by atoms with Crippen LogP contribution in [0.2, 0.25) is 0 Å². The molecule has 0 aliphatic carbocycles. The van der Waals surface area contributed by atoms with Crippen LogP contribution in [0.15, 0.2) is 35.2 Å². The highest BCUT2D eigenvalue weighted by molar-refractivity contribution is 7.99. The first-order chi connectivity index (χ1) is 7.66. The van der Waals surface area contributed by atoms with Crippen molar-refractivity contribution in [2.45, 2.75) is 42.0 Å². The van der Waals surface area contributed by atoms with E-state index in [-0.39, 0.29) is 11.5 Å². The van der Waals surface area contributed by atoms with Crippen LogP contribution in [0.4, 0.5) is 0 Å². The Bertz CT molecular complexity index is 330. The van der Waals surface area contributed by atoms with Gasteiger partial charge >= 0.3 is 0 Å². The molecule has 1 aromatic rings. The van der Waals surface area contributed by atoms with Gasteiger partial charge in [0.1, 0.15) is 11.5 Å². The molecule has 4 heteroatoms. The Hall–Kier alpha value is -0.550. The average Bonchev–Trinajstić information content (AvgIpc) is 2.27. The first-order valence-electron chi connectivity index (χ1n) is 5.40. The van der Waals surface area contributed by atoms with E-state index in [9.17, 15) is 10.2 Å². The zero-order valence-electron chi connectivity index (χ0n) is 9.11. The van der Waals surface area contributed by atoms with Gasteiger partial charge in [-0.15, -0.1) is 0 Å². The Kier molecular flexibility index (Phi) is 3.86. The summed E-state index contributed by atoms with van der Waals surface area (Å²) in [4.78, 5) is 1.04. The van der Waals surface area contributed by atoms with Gasteiger partial charge in [-0.2, -0.15) is 0 Å². The molecule has 0 radical (unpaired) electrons. The lowest BCUT2D eigenvalue weighted by Gasteiger charge is -2.35. The van der Waals surface area contributed by atoms with Crippen molar-refractivity contribution < 1.29 is 14.9 Å². The molecule has 88 valence electrons. The van der Waals surface area contributed by atoms with Crippen LogP contribution in [0.25, 0.3) is 0 Å². The molecule has 0 bridgehead atoms. The molecule has 0 aromatic heterocycles. The first-order valence-corrected chi connectivity index (χ1v) is 6.28.